The van der Waals surface area contributed by atoms with Gasteiger partial charge in [0.1, 0.15) is 29.8 Å². The van der Waals surface area contributed by atoms with Crippen LogP contribution in [0.15, 0.2) is 72.3 Å². The smallest absolute Gasteiger partial charge is 0.266 e. The molecule has 4 nitrogen and oxygen atoms in total. The Hall–Kier alpha value is -2.89. The number of carbonyl (C=O) groups is 1. The lowest BCUT2D eigenvalue weighted by Gasteiger charge is -2.09. The Morgan fingerprint density at radius 3 is 2.67 bits per heavy atom. The summed E-state index contributed by atoms with van der Waals surface area (Å²) in [6, 6.07) is 20.1. The number of hydrogen-bond donors (Lipinski definition) is 1. The van der Waals surface area contributed by atoms with Gasteiger partial charge >= 0.3 is 0 Å². The van der Waals surface area contributed by atoms with Crippen LogP contribution in [0.3, 0.4) is 0 Å². The lowest BCUT2D eigenvalue weighted by atomic mass is 10.1. The van der Waals surface area contributed by atoms with E-state index in [1.54, 1.807) is 54.6 Å². The predicted molar refractivity (Wildman–Crippen MR) is 124 cm³/mol. The van der Waals surface area contributed by atoms with Gasteiger partial charge in [0.25, 0.3) is 5.91 Å². The first kappa shape index (κ1) is 21.8. The van der Waals surface area contributed by atoms with Crippen molar-refractivity contribution in [1.82, 2.24) is 0 Å². The molecule has 3 rings (SSSR count). The molecule has 1 amide bonds. The molecule has 0 aliphatic heterocycles. The average molecular weight is 533 g/mol. The summed E-state index contributed by atoms with van der Waals surface area (Å²) in [6.45, 7) is 0.231. The van der Waals surface area contributed by atoms with Crippen molar-refractivity contribution in [3.8, 4) is 11.8 Å². The normalized spacial score (nSPS) is 10.9. The van der Waals surface area contributed by atoms with Gasteiger partial charge in [-0.1, -0.05) is 35.9 Å². The van der Waals surface area contributed by atoms with E-state index < -0.39 is 5.91 Å². The predicted octanol–water partition coefficient (Wildman–Crippen LogP) is 6.21. The molecule has 3 aromatic rings. The number of nitrogens with zero attached hydrogens (tertiary/aromatic N) is 1. The molecule has 3 aromatic carbocycles. The van der Waals surface area contributed by atoms with Gasteiger partial charge in [0, 0.05) is 10.7 Å². The van der Waals surface area contributed by atoms with Gasteiger partial charge in [0.2, 0.25) is 0 Å². The molecule has 30 heavy (non-hydrogen) atoms. The number of hydrogen-bond acceptors (Lipinski definition) is 3. The molecule has 0 radical (unpaired) electrons. The Labute approximate surface area is 192 Å². The maximum absolute atomic E-state index is 13.3. The molecular weight excluding hydrogens is 518 g/mol. The van der Waals surface area contributed by atoms with Crippen LogP contribution >= 0.6 is 34.2 Å². The average Bonchev–Trinajstić information content (AvgIpc) is 2.71. The van der Waals surface area contributed by atoms with E-state index in [1.807, 2.05) is 6.07 Å². The number of nitriles is 1. The molecule has 0 fully saturated rings. The first-order valence-electron chi connectivity index (χ1n) is 8.80. The fraction of sp³-hybridized carbons (Fsp3) is 0.0435. The lowest BCUT2D eigenvalue weighted by Crippen LogP contribution is -2.13. The highest BCUT2D eigenvalue weighted by atomic mass is 127. The monoisotopic (exact) mass is 532 g/mol. The van der Waals surface area contributed by atoms with Gasteiger partial charge in [0.05, 0.1) is 3.57 Å². The lowest BCUT2D eigenvalue weighted by molar-refractivity contribution is -0.112. The zero-order valence-corrected chi connectivity index (χ0v) is 18.4. The molecule has 0 aromatic heterocycles. The van der Waals surface area contributed by atoms with Crippen molar-refractivity contribution >= 4 is 51.9 Å². The van der Waals surface area contributed by atoms with Crippen LogP contribution < -0.4 is 10.1 Å². The van der Waals surface area contributed by atoms with Gasteiger partial charge in [0.15, 0.2) is 0 Å². The zero-order chi connectivity index (χ0) is 21.5. The molecule has 0 unspecified atom stereocenters. The number of amides is 1. The van der Waals surface area contributed by atoms with Gasteiger partial charge in [-0.25, -0.2) is 4.39 Å². The second-order valence-corrected chi connectivity index (χ2v) is 7.84. The summed E-state index contributed by atoms with van der Waals surface area (Å²) in [4.78, 5) is 12.4. The van der Waals surface area contributed by atoms with E-state index in [-0.39, 0.29) is 18.0 Å². The third kappa shape index (κ3) is 6.05. The summed E-state index contributed by atoms with van der Waals surface area (Å²) in [5.74, 6) is -0.216. The van der Waals surface area contributed by atoms with Crippen molar-refractivity contribution in [2.24, 2.45) is 0 Å². The van der Waals surface area contributed by atoms with E-state index in [9.17, 15) is 14.4 Å². The topological polar surface area (TPSA) is 62.1 Å². The largest absolute Gasteiger partial charge is 0.488 e. The molecule has 1 N–H and O–H groups in total. The minimum atomic E-state index is -0.527. The third-order valence-corrected chi connectivity index (χ3v) is 5.08. The number of nitrogens with one attached hydrogen (secondary N) is 1. The molecular formula is C23H15ClFIN2O2. The van der Waals surface area contributed by atoms with E-state index in [2.05, 4.69) is 27.9 Å². The highest BCUT2D eigenvalue weighted by molar-refractivity contribution is 14.1. The summed E-state index contributed by atoms with van der Waals surface area (Å²) in [6.07, 6.45) is 1.50. The minimum Gasteiger partial charge on any atom is -0.488 e. The fourth-order valence-corrected chi connectivity index (χ4v) is 3.48. The van der Waals surface area contributed by atoms with Crippen molar-refractivity contribution < 1.29 is 13.9 Å². The van der Waals surface area contributed by atoms with E-state index in [1.165, 1.54) is 18.2 Å². The van der Waals surface area contributed by atoms with Crippen molar-refractivity contribution in [1.29, 1.82) is 5.26 Å². The number of anilines is 1. The molecule has 150 valence electrons. The SMILES string of the molecule is N#C/C(=C\c1ccc(OCc2cccc(F)c2)c(I)c1)C(=O)Nc1cccc(Cl)c1. The molecule has 0 spiro atoms. The summed E-state index contributed by atoms with van der Waals surface area (Å²) in [7, 11) is 0. The molecule has 0 saturated heterocycles. The van der Waals surface area contributed by atoms with Gasteiger partial charge in [-0.15, -0.1) is 0 Å². The van der Waals surface area contributed by atoms with Crippen LogP contribution in [-0.2, 0) is 11.4 Å². The van der Waals surface area contributed by atoms with E-state index in [0.717, 1.165) is 9.13 Å². The number of rotatable bonds is 6. The Balaban J connectivity index is 1.71. The van der Waals surface area contributed by atoms with Gasteiger partial charge in [-0.05, 0) is 82.3 Å². The summed E-state index contributed by atoms with van der Waals surface area (Å²) < 4.78 is 19.8. The summed E-state index contributed by atoms with van der Waals surface area (Å²) in [5.41, 5.74) is 1.86. The van der Waals surface area contributed by atoms with Crippen molar-refractivity contribution in [2.45, 2.75) is 6.61 Å². The Morgan fingerprint density at radius 1 is 1.17 bits per heavy atom. The first-order chi connectivity index (χ1) is 14.4. The number of ether oxygens (including phenoxy) is 1. The Morgan fingerprint density at radius 2 is 1.97 bits per heavy atom. The molecule has 0 atom stereocenters. The number of benzene rings is 3. The van der Waals surface area contributed by atoms with Crippen LogP contribution in [-0.4, -0.2) is 5.91 Å². The summed E-state index contributed by atoms with van der Waals surface area (Å²) >= 11 is 8.02. The quantitative estimate of drug-likeness (QED) is 0.233. The van der Waals surface area contributed by atoms with E-state index in [0.29, 0.717) is 22.0 Å². The van der Waals surface area contributed by atoms with Crippen LogP contribution in [0.4, 0.5) is 10.1 Å². The van der Waals surface area contributed by atoms with Crippen molar-refractivity contribution in [3.05, 3.63) is 97.8 Å². The second kappa shape index (κ2) is 10.2. The highest BCUT2D eigenvalue weighted by Crippen LogP contribution is 2.25. The summed E-state index contributed by atoms with van der Waals surface area (Å²) in [5, 5.41) is 12.5. The van der Waals surface area contributed by atoms with Crippen molar-refractivity contribution in [2.75, 3.05) is 5.32 Å². The van der Waals surface area contributed by atoms with Gasteiger partial charge in [-0.3, -0.25) is 4.79 Å². The number of halogens is 3. The van der Waals surface area contributed by atoms with Crippen LogP contribution in [0.2, 0.25) is 5.02 Å². The third-order valence-electron chi connectivity index (χ3n) is 4.00. The minimum absolute atomic E-state index is 0.0424. The highest BCUT2D eigenvalue weighted by Gasteiger charge is 2.11. The van der Waals surface area contributed by atoms with Crippen molar-refractivity contribution in [3.63, 3.8) is 0 Å². The number of carbonyl (C=O) groups excluding carboxylic acids is 1. The molecule has 0 aliphatic carbocycles. The van der Waals surface area contributed by atoms with Crippen LogP contribution in [0.5, 0.6) is 5.75 Å². The van der Waals surface area contributed by atoms with Crippen LogP contribution in [0, 0.1) is 20.7 Å². The van der Waals surface area contributed by atoms with E-state index in [4.69, 9.17) is 16.3 Å². The fourth-order valence-electron chi connectivity index (χ4n) is 2.59. The maximum Gasteiger partial charge on any atom is 0.266 e. The zero-order valence-electron chi connectivity index (χ0n) is 15.5. The van der Waals surface area contributed by atoms with Gasteiger partial charge < -0.3 is 10.1 Å². The Kier molecular flexibility index (Phi) is 7.44. The first-order valence-corrected chi connectivity index (χ1v) is 10.3. The van der Waals surface area contributed by atoms with Crippen LogP contribution in [0.1, 0.15) is 11.1 Å². The molecule has 0 aliphatic rings. The Bertz CT molecular complexity index is 1160. The second-order valence-electron chi connectivity index (χ2n) is 6.24. The molecule has 0 heterocycles. The standard InChI is InChI=1S/C23H15ClFIN2O2/c24-18-4-2-6-20(12-18)28-23(29)17(13-27)9-15-7-8-22(21(26)11-15)30-14-16-3-1-5-19(25)10-16/h1-12H,14H2,(H,28,29)/b17-9+. The van der Waals surface area contributed by atoms with Crippen LogP contribution in [0.25, 0.3) is 6.08 Å². The van der Waals surface area contributed by atoms with Gasteiger partial charge in [-0.2, -0.15) is 5.26 Å². The molecule has 0 bridgehead atoms. The maximum atomic E-state index is 13.3. The molecule has 0 saturated carbocycles. The molecule has 7 heteroatoms. The van der Waals surface area contributed by atoms with E-state index >= 15 is 0 Å².